The molecule has 0 saturated heterocycles. The average Bonchev–Trinajstić information content (AvgIpc) is 2.25. The number of rotatable bonds is 4. The monoisotopic (exact) mass is 338 g/mol. The molecule has 0 unspecified atom stereocenters. The molecule has 86 valence electrons. The lowest BCUT2D eigenvalue weighted by atomic mass is 10.1. The molecule has 1 aromatic rings. The minimum atomic E-state index is -0.710. The van der Waals surface area contributed by atoms with Gasteiger partial charge in [-0.3, -0.25) is 14.9 Å². The number of carbonyl (C=O) groups is 1. The third-order valence-electron chi connectivity index (χ3n) is 1.78. The second kappa shape index (κ2) is 5.73. The number of nitrogens with zero attached hydrogens (tertiary/aromatic N) is 1. The van der Waals surface area contributed by atoms with Gasteiger partial charge in [-0.2, -0.15) is 0 Å². The molecule has 0 atom stereocenters. The van der Waals surface area contributed by atoms with Crippen LogP contribution in [0.4, 0.5) is 10.1 Å². The van der Waals surface area contributed by atoms with Crippen molar-refractivity contribution in [3.05, 3.63) is 39.7 Å². The maximum atomic E-state index is 12.9. The van der Waals surface area contributed by atoms with Gasteiger partial charge in [0.05, 0.1) is 4.92 Å². The van der Waals surface area contributed by atoms with E-state index in [2.05, 4.69) is 5.32 Å². The molecular weight excluding hydrogens is 330 g/mol. The molecule has 0 saturated carbocycles. The van der Waals surface area contributed by atoms with Gasteiger partial charge in [0.25, 0.3) is 11.6 Å². The van der Waals surface area contributed by atoms with E-state index < -0.39 is 22.3 Å². The van der Waals surface area contributed by atoms with Crippen LogP contribution in [0.5, 0.6) is 0 Å². The summed E-state index contributed by atoms with van der Waals surface area (Å²) in [4.78, 5) is 21.4. The molecule has 0 fully saturated rings. The zero-order chi connectivity index (χ0) is 12.1. The number of benzene rings is 1. The molecule has 0 aliphatic heterocycles. The first-order valence-corrected chi connectivity index (χ1v) is 5.87. The lowest BCUT2D eigenvalue weighted by Gasteiger charge is -2.03. The third-order valence-corrected chi connectivity index (χ3v) is 2.32. The highest BCUT2D eigenvalue weighted by atomic mass is 127. The summed E-state index contributed by atoms with van der Waals surface area (Å²) >= 11 is 2.05. The van der Waals surface area contributed by atoms with E-state index in [1.165, 1.54) is 0 Å². The number of hydrogen-bond acceptors (Lipinski definition) is 3. The molecule has 1 aromatic carbocycles. The van der Waals surface area contributed by atoms with Crippen LogP contribution in [0, 0.1) is 15.9 Å². The number of alkyl halides is 1. The maximum absolute atomic E-state index is 12.9. The number of carbonyl (C=O) groups excluding carboxylic acids is 1. The first-order chi connectivity index (χ1) is 7.56. The summed E-state index contributed by atoms with van der Waals surface area (Å²) in [6.07, 6.45) is 0. The van der Waals surface area contributed by atoms with Crippen molar-refractivity contribution in [2.45, 2.75) is 0 Å². The molecule has 0 heterocycles. The van der Waals surface area contributed by atoms with Crippen LogP contribution in [-0.2, 0) is 0 Å². The largest absolute Gasteiger partial charge is 0.351 e. The van der Waals surface area contributed by atoms with E-state index >= 15 is 0 Å². The molecule has 1 N–H and O–H groups in total. The molecule has 0 aromatic heterocycles. The Kier molecular flexibility index (Phi) is 4.59. The first-order valence-electron chi connectivity index (χ1n) is 4.34. The van der Waals surface area contributed by atoms with Crippen LogP contribution in [0.2, 0.25) is 0 Å². The average molecular weight is 338 g/mol. The normalized spacial score (nSPS) is 9.88. The predicted octanol–water partition coefficient (Wildman–Crippen LogP) is 1.90. The second-order valence-corrected chi connectivity index (χ2v) is 3.94. The smallest absolute Gasteiger partial charge is 0.282 e. The fraction of sp³-hybridized carbons (Fsp3) is 0.222. The van der Waals surface area contributed by atoms with Crippen molar-refractivity contribution in [2.24, 2.45) is 0 Å². The molecule has 5 nitrogen and oxygen atoms in total. The maximum Gasteiger partial charge on any atom is 0.282 e. The number of nitro benzene ring substituents is 1. The predicted molar refractivity (Wildman–Crippen MR) is 64.3 cm³/mol. The van der Waals surface area contributed by atoms with Crippen LogP contribution in [0.15, 0.2) is 18.2 Å². The SMILES string of the molecule is O=C(NCCI)c1cc(F)ccc1[N+](=O)[O-]. The molecule has 0 spiro atoms. The number of nitro groups is 1. The van der Waals surface area contributed by atoms with Gasteiger partial charge in [0.15, 0.2) is 0 Å². The minimum absolute atomic E-state index is 0.255. The summed E-state index contributed by atoms with van der Waals surface area (Å²) in [5.41, 5.74) is -0.651. The summed E-state index contributed by atoms with van der Waals surface area (Å²) in [5, 5.41) is 13.1. The molecule has 0 bridgehead atoms. The van der Waals surface area contributed by atoms with Crippen LogP contribution < -0.4 is 5.32 Å². The molecule has 16 heavy (non-hydrogen) atoms. The van der Waals surface area contributed by atoms with Gasteiger partial charge in [-0.15, -0.1) is 0 Å². The number of hydrogen-bond donors (Lipinski definition) is 1. The highest BCUT2D eigenvalue weighted by molar-refractivity contribution is 14.1. The van der Waals surface area contributed by atoms with Gasteiger partial charge in [-0.25, -0.2) is 4.39 Å². The Balaban J connectivity index is 3.04. The Labute approximate surface area is 104 Å². The van der Waals surface area contributed by atoms with Crippen molar-refractivity contribution < 1.29 is 14.1 Å². The quantitative estimate of drug-likeness (QED) is 0.394. The highest BCUT2D eigenvalue weighted by Gasteiger charge is 2.20. The van der Waals surface area contributed by atoms with Crippen molar-refractivity contribution in [3.8, 4) is 0 Å². The summed E-state index contributed by atoms with van der Waals surface area (Å²) in [5.74, 6) is -1.31. The Morgan fingerprint density at radius 1 is 1.56 bits per heavy atom. The van der Waals surface area contributed by atoms with E-state index in [1.807, 2.05) is 22.6 Å². The fourth-order valence-electron chi connectivity index (χ4n) is 1.11. The van der Waals surface area contributed by atoms with Gasteiger partial charge >= 0.3 is 0 Å². The zero-order valence-electron chi connectivity index (χ0n) is 8.07. The van der Waals surface area contributed by atoms with E-state index in [1.54, 1.807) is 0 Å². The van der Waals surface area contributed by atoms with Crippen LogP contribution >= 0.6 is 22.6 Å². The van der Waals surface area contributed by atoms with Crippen molar-refractivity contribution in [2.75, 3.05) is 11.0 Å². The van der Waals surface area contributed by atoms with Gasteiger partial charge in [-0.1, -0.05) is 22.6 Å². The van der Waals surface area contributed by atoms with Crippen molar-refractivity contribution in [1.29, 1.82) is 0 Å². The summed E-state index contributed by atoms with van der Waals surface area (Å²) in [6, 6.07) is 2.79. The van der Waals surface area contributed by atoms with E-state index in [0.29, 0.717) is 11.0 Å². The third kappa shape index (κ3) is 3.12. The first kappa shape index (κ1) is 12.8. The van der Waals surface area contributed by atoms with Gasteiger partial charge in [0.1, 0.15) is 11.4 Å². The molecule has 0 aliphatic carbocycles. The van der Waals surface area contributed by atoms with Gasteiger partial charge in [0.2, 0.25) is 0 Å². The molecule has 7 heteroatoms. The summed E-state index contributed by atoms with van der Waals surface area (Å²) in [6.45, 7) is 0.382. The Morgan fingerprint density at radius 3 is 2.81 bits per heavy atom. The highest BCUT2D eigenvalue weighted by Crippen LogP contribution is 2.19. The fourth-order valence-corrected chi connectivity index (χ4v) is 1.38. The number of halogens is 2. The van der Waals surface area contributed by atoms with E-state index in [9.17, 15) is 19.3 Å². The van der Waals surface area contributed by atoms with E-state index in [0.717, 1.165) is 18.2 Å². The van der Waals surface area contributed by atoms with Gasteiger partial charge < -0.3 is 5.32 Å². The summed E-state index contributed by atoms with van der Waals surface area (Å²) in [7, 11) is 0. The second-order valence-electron chi connectivity index (χ2n) is 2.86. The molecule has 1 amide bonds. The Morgan fingerprint density at radius 2 is 2.25 bits per heavy atom. The Hall–Kier alpha value is -1.25. The molecule has 0 radical (unpaired) electrons. The topological polar surface area (TPSA) is 72.2 Å². The molecular formula is C9H8FIN2O3. The van der Waals surface area contributed by atoms with Crippen molar-refractivity contribution >= 4 is 34.2 Å². The van der Waals surface area contributed by atoms with Crippen LogP contribution in [0.3, 0.4) is 0 Å². The standard InChI is InChI=1S/C9H8FIN2O3/c10-6-1-2-8(13(15)16)7(5-6)9(14)12-4-3-11/h1-2,5H,3-4H2,(H,12,14). The Bertz CT molecular complexity index is 425. The van der Waals surface area contributed by atoms with Crippen LogP contribution in [0.25, 0.3) is 0 Å². The molecule has 1 rings (SSSR count). The number of amides is 1. The number of nitrogens with one attached hydrogen (secondary N) is 1. The summed E-state index contributed by atoms with van der Waals surface area (Å²) < 4.78 is 13.6. The van der Waals surface area contributed by atoms with Crippen molar-refractivity contribution in [3.63, 3.8) is 0 Å². The van der Waals surface area contributed by atoms with E-state index in [4.69, 9.17) is 0 Å². The lowest BCUT2D eigenvalue weighted by Crippen LogP contribution is -2.26. The lowest BCUT2D eigenvalue weighted by molar-refractivity contribution is -0.385. The zero-order valence-corrected chi connectivity index (χ0v) is 10.2. The minimum Gasteiger partial charge on any atom is -0.351 e. The van der Waals surface area contributed by atoms with E-state index in [-0.39, 0.29) is 5.56 Å². The van der Waals surface area contributed by atoms with Gasteiger partial charge in [-0.05, 0) is 12.1 Å². The van der Waals surface area contributed by atoms with Crippen molar-refractivity contribution in [1.82, 2.24) is 5.32 Å². The van der Waals surface area contributed by atoms with Gasteiger partial charge in [0, 0.05) is 17.0 Å². The molecule has 0 aliphatic rings. The van der Waals surface area contributed by atoms with Crippen LogP contribution in [-0.4, -0.2) is 21.8 Å². The van der Waals surface area contributed by atoms with Crippen LogP contribution in [0.1, 0.15) is 10.4 Å².